The third kappa shape index (κ3) is 4.92. The number of rotatable bonds is 6. The summed E-state index contributed by atoms with van der Waals surface area (Å²) < 4.78 is 1.61. The molecule has 0 radical (unpaired) electrons. The van der Waals surface area contributed by atoms with Gasteiger partial charge in [0.15, 0.2) is 5.16 Å². The second-order valence-corrected chi connectivity index (χ2v) is 10.1. The van der Waals surface area contributed by atoms with E-state index >= 15 is 0 Å². The number of benzene rings is 3. The topological polar surface area (TPSA) is 64.0 Å². The lowest BCUT2D eigenvalue weighted by Gasteiger charge is -2.13. The third-order valence-electron chi connectivity index (χ3n) is 5.59. The molecule has 5 rings (SSSR count). The number of thiophene rings is 1. The largest absolute Gasteiger partial charge is 0.325 e. The molecule has 0 aliphatic heterocycles. The van der Waals surface area contributed by atoms with Gasteiger partial charge in [-0.2, -0.15) is 0 Å². The molecule has 0 atom stereocenters. The van der Waals surface area contributed by atoms with Crippen LogP contribution in [-0.2, 0) is 4.79 Å². The first-order valence-corrected chi connectivity index (χ1v) is 13.0. The Labute approximate surface area is 211 Å². The monoisotopic (exact) mass is 497 g/mol. The maximum absolute atomic E-state index is 13.9. The van der Waals surface area contributed by atoms with E-state index in [2.05, 4.69) is 5.32 Å². The summed E-state index contributed by atoms with van der Waals surface area (Å²) in [6.45, 7) is 4.02. The number of carbonyl (C=O) groups excluding carboxylic acids is 1. The number of nitrogens with zero attached hydrogens (tertiary/aromatic N) is 2. The highest BCUT2D eigenvalue weighted by molar-refractivity contribution is 7.99. The average molecular weight is 498 g/mol. The molecule has 174 valence electrons. The fourth-order valence-electron chi connectivity index (χ4n) is 3.87. The van der Waals surface area contributed by atoms with Crippen molar-refractivity contribution in [3.8, 4) is 16.8 Å². The Morgan fingerprint density at radius 1 is 0.971 bits per heavy atom. The first-order valence-electron chi connectivity index (χ1n) is 11.2. The fourth-order valence-corrected chi connectivity index (χ4v) is 5.67. The van der Waals surface area contributed by atoms with Crippen molar-refractivity contribution in [2.45, 2.75) is 19.0 Å². The molecule has 5 nitrogen and oxygen atoms in total. The first-order chi connectivity index (χ1) is 17.0. The number of aryl methyl sites for hydroxylation is 2. The van der Waals surface area contributed by atoms with Crippen molar-refractivity contribution in [3.63, 3.8) is 0 Å². The van der Waals surface area contributed by atoms with Gasteiger partial charge in [-0.25, -0.2) is 4.98 Å². The standard InChI is InChI=1S/C28H23N3O2S2/c1-18-11-13-20(14-12-18)23-16-34-26-25(23)27(33)31(22-9-4-3-5-10-22)28(30-26)35-17-24(32)29-21-8-6-7-19(2)15-21/h3-16H,17H2,1-2H3,(H,29,32). The Bertz CT molecular complexity index is 1570. The molecule has 0 saturated carbocycles. The number of aromatic nitrogens is 2. The van der Waals surface area contributed by atoms with Crippen LogP contribution in [0.2, 0.25) is 0 Å². The molecule has 5 aromatic rings. The van der Waals surface area contributed by atoms with Crippen molar-refractivity contribution in [1.82, 2.24) is 9.55 Å². The molecule has 0 aliphatic rings. The van der Waals surface area contributed by atoms with Gasteiger partial charge >= 0.3 is 0 Å². The Morgan fingerprint density at radius 2 is 1.74 bits per heavy atom. The van der Waals surface area contributed by atoms with Crippen molar-refractivity contribution < 1.29 is 4.79 Å². The van der Waals surface area contributed by atoms with Crippen LogP contribution >= 0.6 is 23.1 Å². The van der Waals surface area contributed by atoms with Crippen molar-refractivity contribution in [1.29, 1.82) is 0 Å². The maximum atomic E-state index is 13.9. The molecule has 35 heavy (non-hydrogen) atoms. The second-order valence-electron chi connectivity index (χ2n) is 8.27. The summed E-state index contributed by atoms with van der Waals surface area (Å²) in [5, 5.41) is 5.99. The molecule has 0 bridgehead atoms. The van der Waals surface area contributed by atoms with Gasteiger partial charge in [-0.1, -0.05) is 71.9 Å². The third-order valence-corrected chi connectivity index (χ3v) is 7.40. The minimum atomic E-state index is -0.152. The van der Waals surface area contributed by atoms with E-state index in [1.165, 1.54) is 23.1 Å². The van der Waals surface area contributed by atoms with Crippen LogP contribution < -0.4 is 10.9 Å². The van der Waals surface area contributed by atoms with Gasteiger partial charge < -0.3 is 5.32 Å². The van der Waals surface area contributed by atoms with Crippen LogP contribution in [-0.4, -0.2) is 21.2 Å². The lowest BCUT2D eigenvalue weighted by molar-refractivity contribution is -0.113. The summed E-state index contributed by atoms with van der Waals surface area (Å²) in [7, 11) is 0. The van der Waals surface area contributed by atoms with Crippen LogP contribution in [0.5, 0.6) is 0 Å². The van der Waals surface area contributed by atoms with Gasteiger partial charge in [-0.15, -0.1) is 11.3 Å². The lowest BCUT2D eigenvalue weighted by atomic mass is 10.1. The minimum Gasteiger partial charge on any atom is -0.325 e. The molecule has 1 amide bonds. The Morgan fingerprint density at radius 3 is 2.49 bits per heavy atom. The molecule has 0 aliphatic carbocycles. The number of nitrogens with one attached hydrogen (secondary N) is 1. The van der Waals surface area contributed by atoms with Gasteiger partial charge in [-0.3, -0.25) is 14.2 Å². The van der Waals surface area contributed by atoms with Crippen LogP contribution in [0.25, 0.3) is 27.0 Å². The molecule has 3 aromatic carbocycles. The van der Waals surface area contributed by atoms with Crippen LogP contribution in [0.1, 0.15) is 11.1 Å². The van der Waals surface area contributed by atoms with Gasteiger partial charge in [0.25, 0.3) is 5.56 Å². The Hall–Kier alpha value is -3.68. The zero-order chi connectivity index (χ0) is 24.4. The van der Waals surface area contributed by atoms with Crippen LogP contribution in [0, 0.1) is 13.8 Å². The molecule has 2 aromatic heterocycles. The smallest absolute Gasteiger partial charge is 0.268 e. The highest BCUT2D eigenvalue weighted by Crippen LogP contribution is 2.33. The number of carbonyl (C=O) groups is 1. The maximum Gasteiger partial charge on any atom is 0.268 e. The predicted octanol–water partition coefficient (Wildman–Crippen LogP) is 6.46. The van der Waals surface area contributed by atoms with Crippen molar-refractivity contribution >= 4 is 44.9 Å². The minimum absolute atomic E-state index is 0.134. The summed E-state index contributed by atoms with van der Waals surface area (Å²) in [6, 6.07) is 25.2. The molecular weight excluding hydrogens is 474 g/mol. The quantitative estimate of drug-likeness (QED) is 0.216. The predicted molar refractivity (Wildman–Crippen MR) is 146 cm³/mol. The summed E-state index contributed by atoms with van der Waals surface area (Å²) >= 11 is 2.70. The number of hydrogen-bond donors (Lipinski definition) is 1. The van der Waals surface area contributed by atoms with E-state index in [9.17, 15) is 9.59 Å². The summed E-state index contributed by atoms with van der Waals surface area (Å²) in [5.74, 6) is -0.0179. The molecule has 0 spiro atoms. The van der Waals surface area contributed by atoms with Crippen molar-refractivity contribution in [3.05, 3.63) is 106 Å². The number of anilines is 1. The van der Waals surface area contributed by atoms with Gasteiger partial charge in [0, 0.05) is 16.6 Å². The van der Waals surface area contributed by atoms with Gasteiger partial charge in [0.05, 0.1) is 16.8 Å². The van der Waals surface area contributed by atoms with Crippen LogP contribution in [0.15, 0.2) is 94.2 Å². The van der Waals surface area contributed by atoms with E-state index in [-0.39, 0.29) is 17.2 Å². The number of thioether (sulfide) groups is 1. The molecule has 0 fully saturated rings. The molecular formula is C28H23N3O2S2. The zero-order valence-electron chi connectivity index (χ0n) is 19.3. The number of fused-ring (bicyclic) bond motifs is 1. The van der Waals surface area contributed by atoms with Gasteiger partial charge in [0.2, 0.25) is 5.91 Å². The van der Waals surface area contributed by atoms with Crippen LogP contribution in [0.4, 0.5) is 5.69 Å². The second kappa shape index (κ2) is 9.90. The van der Waals surface area contributed by atoms with E-state index < -0.39 is 0 Å². The summed E-state index contributed by atoms with van der Waals surface area (Å²) in [5.41, 5.74) is 5.42. The molecule has 2 heterocycles. The van der Waals surface area contributed by atoms with Gasteiger partial charge in [-0.05, 0) is 49.2 Å². The van der Waals surface area contributed by atoms with E-state index in [1.807, 2.05) is 98.1 Å². The van der Waals surface area contributed by atoms with Crippen molar-refractivity contribution in [2.75, 3.05) is 11.1 Å². The van der Waals surface area contributed by atoms with Gasteiger partial charge in [0.1, 0.15) is 4.83 Å². The Balaban J connectivity index is 1.53. The van der Waals surface area contributed by atoms with E-state index in [4.69, 9.17) is 4.98 Å². The molecule has 0 saturated heterocycles. The highest BCUT2D eigenvalue weighted by Gasteiger charge is 2.19. The summed E-state index contributed by atoms with van der Waals surface area (Å²) in [4.78, 5) is 32.0. The molecule has 0 unspecified atom stereocenters. The molecule has 1 N–H and O–H groups in total. The van der Waals surface area contributed by atoms with Crippen molar-refractivity contribution in [2.24, 2.45) is 0 Å². The number of amides is 1. The SMILES string of the molecule is Cc1ccc(-c2csc3nc(SCC(=O)Nc4cccc(C)c4)n(-c4ccccc4)c(=O)c23)cc1. The average Bonchev–Trinajstić information content (AvgIpc) is 3.28. The fraction of sp³-hybridized carbons (Fsp3) is 0.107. The number of hydrogen-bond acceptors (Lipinski definition) is 5. The summed E-state index contributed by atoms with van der Waals surface area (Å²) in [6.07, 6.45) is 0. The highest BCUT2D eigenvalue weighted by atomic mass is 32.2. The number of para-hydroxylation sites is 1. The lowest BCUT2D eigenvalue weighted by Crippen LogP contribution is -2.22. The van der Waals surface area contributed by atoms with E-state index in [0.29, 0.717) is 15.4 Å². The Kier molecular flexibility index (Phi) is 6.53. The van der Waals surface area contributed by atoms with E-state index in [1.54, 1.807) is 4.57 Å². The molecule has 7 heteroatoms. The van der Waals surface area contributed by atoms with Crippen LogP contribution in [0.3, 0.4) is 0 Å². The normalized spacial score (nSPS) is 11.0. The zero-order valence-corrected chi connectivity index (χ0v) is 21.0. The first kappa shape index (κ1) is 23.1. The van der Waals surface area contributed by atoms with E-state index in [0.717, 1.165) is 33.6 Å².